The van der Waals surface area contributed by atoms with Crippen LogP contribution < -0.4 is 16.0 Å². The highest BCUT2D eigenvalue weighted by Gasteiger charge is 2.17. The largest absolute Gasteiger partial charge is 0.464 e. The van der Waals surface area contributed by atoms with Crippen LogP contribution in [-0.2, 0) is 14.4 Å². The van der Waals surface area contributed by atoms with Crippen molar-refractivity contribution in [3.8, 4) is 0 Å². The Morgan fingerprint density at radius 3 is 2.36 bits per heavy atom. The first-order valence-corrected chi connectivity index (χ1v) is 7.56. The monoisotopic (exact) mass is 345 g/mol. The molecule has 2 aromatic rings. The maximum Gasteiger partial charge on any atom is 0.313 e. The number of rotatable bonds is 5. The molecule has 0 spiro atoms. The van der Waals surface area contributed by atoms with Crippen molar-refractivity contribution >= 4 is 29.1 Å². The standard InChI is InChI=1S/C17H19N3O5/c1-10-6-7-15(25-10)14(22)9-18-16(23)17(24)20-13-5-3-4-12(8-13)19-11(2)21/h3-8,14,22H,9H2,1-2H3,(H,18,23)(H,19,21)(H,20,24). The predicted molar refractivity (Wildman–Crippen MR) is 90.8 cm³/mol. The average Bonchev–Trinajstić information content (AvgIpc) is 2.98. The minimum Gasteiger partial charge on any atom is -0.464 e. The van der Waals surface area contributed by atoms with Gasteiger partial charge in [0.2, 0.25) is 5.91 Å². The smallest absolute Gasteiger partial charge is 0.313 e. The zero-order chi connectivity index (χ0) is 18.4. The van der Waals surface area contributed by atoms with Crippen LogP contribution in [0.4, 0.5) is 11.4 Å². The number of furan rings is 1. The number of aliphatic hydroxyl groups excluding tert-OH is 1. The molecule has 3 amide bonds. The van der Waals surface area contributed by atoms with Crippen LogP contribution in [0.3, 0.4) is 0 Å². The minimum absolute atomic E-state index is 0.162. The van der Waals surface area contributed by atoms with E-state index in [0.717, 1.165) is 0 Å². The fourth-order valence-electron chi connectivity index (χ4n) is 2.07. The third-order valence-electron chi connectivity index (χ3n) is 3.19. The molecule has 0 saturated carbocycles. The number of anilines is 2. The van der Waals surface area contributed by atoms with E-state index in [2.05, 4.69) is 16.0 Å². The first-order chi connectivity index (χ1) is 11.8. The van der Waals surface area contributed by atoms with Gasteiger partial charge in [0, 0.05) is 18.3 Å². The number of hydrogen-bond acceptors (Lipinski definition) is 5. The molecule has 8 heteroatoms. The Hall–Kier alpha value is -3.13. The van der Waals surface area contributed by atoms with E-state index < -0.39 is 17.9 Å². The fraction of sp³-hybridized carbons (Fsp3) is 0.235. The molecular weight excluding hydrogens is 326 g/mol. The summed E-state index contributed by atoms with van der Waals surface area (Å²) in [5.74, 6) is -1.09. The van der Waals surface area contributed by atoms with Gasteiger partial charge in [-0.25, -0.2) is 0 Å². The molecule has 0 fully saturated rings. The van der Waals surface area contributed by atoms with Crippen molar-refractivity contribution in [3.63, 3.8) is 0 Å². The molecule has 0 aliphatic rings. The van der Waals surface area contributed by atoms with E-state index >= 15 is 0 Å². The molecule has 0 bridgehead atoms. The molecule has 8 nitrogen and oxygen atoms in total. The molecule has 1 aromatic heterocycles. The van der Waals surface area contributed by atoms with Crippen molar-refractivity contribution in [2.75, 3.05) is 17.2 Å². The molecule has 2 rings (SSSR count). The van der Waals surface area contributed by atoms with E-state index in [1.807, 2.05) is 0 Å². The van der Waals surface area contributed by atoms with Crippen LogP contribution in [0.1, 0.15) is 24.5 Å². The minimum atomic E-state index is -1.05. The summed E-state index contributed by atoms with van der Waals surface area (Å²) in [4.78, 5) is 34.7. The molecule has 132 valence electrons. The number of amides is 3. The third-order valence-corrected chi connectivity index (χ3v) is 3.19. The topological polar surface area (TPSA) is 121 Å². The Morgan fingerprint density at radius 2 is 1.76 bits per heavy atom. The second kappa shape index (κ2) is 8.11. The van der Waals surface area contributed by atoms with Crippen LogP contribution >= 0.6 is 0 Å². The third kappa shape index (κ3) is 5.47. The van der Waals surface area contributed by atoms with Gasteiger partial charge in [-0.3, -0.25) is 14.4 Å². The van der Waals surface area contributed by atoms with E-state index in [9.17, 15) is 19.5 Å². The Balaban J connectivity index is 1.87. The lowest BCUT2D eigenvalue weighted by Gasteiger charge is -2.10. The lowest BCUT2D eigenvalue weighted by atomic mass is 10.2. The Morgan fingerprint density at radius 1 is 1.08 bits per heavy atom. The summed E-state index contributed by atoms with van der Waals surface area (Å²) in [5, 5.41) is 17.2. The van der Waals surface area contributed by atoms with Gasteiger partial charge in [0.05, 0.1) is 6.54 Å². The van der Waals surface area contributed by atoms with Crippen molar-refractivity contribution in [2.45, 2.75) is 20.0 Å². The number of carbonyl (C=O) groups excluding carboxylic acids is 3. The summed E-state index contributed by atoms with van der Waals surface area (Å²) in [5.41, 5.74) is 0.850. The molecule has 1 unspecified atom stereocenters. The van der Waals surface area contributed by atoms with Gasteiger partial charge >= 0.3 is 11.8 Å². The number of aryl methyl sites for hydroxylation is 1. The zero-order valence-electron chi connectivity index (χ0n) is 13.8. The summed E-state index contributed by atoms with van der Waals surface area (Å²) < 4.78 is 5.24. The van der Waals surface area contributed by atoms with Gasteiger partial charge in [-0.15, -0.1) is 0 Å². The van der Waals surface area contributed by atoms with Crippen LogP contribution in [0, 0.1) is 6.92 Å². The molecule has 4 N–H and O–H groups in total. The molecule has 1 aromatic carbocycles. The van der Waals surface area contributed by atoms with Gasteiger partial charge in [0.25, 0.3) is 0 Å². The number of nitrogens with one attached hydrogen (secondary N) is 3. The second-order valence-electron chi connectivity index (χ2n) is 5.39. The zero-order valence-corrected chi connectivity index (χ0v) is 13.8. The molecule has 0 aliphatic carbocycles. The molecule has 0 radical (unpaired) electrons. The number of benzene rings is 1. The summed E-state index contributed by atoms with van der Waals surface area (Å²) in [6.07, 6.45) is -1.05. The molecule has 1 heterocycles. The maximum absolute atomic E-state index is 11.9. The normalized spacial score (nSPS) is 11.5. The molecule has 0 aliphatic heterocycles. The van der Waals surface area contributed by atoms with Gasteiger partial charge in [-0.1, -0.05) is 6.07 Å². The van der Waals surface area contributed by atoms with Crippen molar-refractivity contribution in [1.82, 2.24) is 5.32 Å². The molecule has 0 saturated heterocycles. The number of aliphatic hydroxyl groups is 1. The van der Waals surface area contributed by atoms with E-state index in [4.69, 9.17) is 4.42 Å². The van der Waals surface area contributed by atoms with Crippen molar-refractivity contribution in [3.05, 3.63) is 47.9 Å². The highest BCUT2D eigenvalue weighted by Crippen LogP contribution is 2.16. The quantitative estimate of drug-likeness (QED) is 0.609. The van der Waals surface area contributed by atoms with E-state index in [0.29, 0.717) is 22.9 Å². The molecule has 25 heavy (non-hydrogen) atoms. The van der Waals surface area contributed by atoms with Crippen molar-refractivity contribution in [1.29, 1.82) is 0 Å². The van der Waals surface area contributed by atoms with E-state index in [1.165, 1.54) is 13.0 Å². The van der Waals surface area contributed by atoms with E-state index in [1.54, 1.807) is 37.3 Å². The summed E-state index contributed by atoms with van der Waals surface area (Å²) in [6, 6.07) is 9.67. The van der Waals surface area contributed by atoms with Gasteiger partial charge in [-0.05, 0) is 37.3 Å². The van der Waals surface area contributed by atoms with Crippen LogP contribution in [-0.4, -0.2) is 29.4 Å². The van der Waals surface area contributed by atoms with Crippen LogP contribution in [0.25, 0.3) is 0 Å². The number of carbonyl (C=O) groups is 3. The molecule has 1 atom stereocenters. The van der Waals surface area contributed by atoms with Crippen molar-refractivity contribution < 1.29 is 23.9 Å². The molecular formula is C17H19N3O5. The van der Waals surface area contributed by atoms with Crippen molar-refractivity contribution in [2.24, 2.45) is 0 Å². The van der Waals surface area contributed by atoms with Gasteiger partial charge in [-0.2, -0.15) is 0 Å². The van der Waals surface area contributed by atoms with Crippen LogP contribution in [0.2, 0.25) is 0 Å². The fourth-order valence-corrected chi connectivity index (χ4v) is 2.07. The Labute approximate surface area is 144 Å². The maximum atomic E-state index is 11.9. The Kier molecular flexibility index (Phi) is 5.91. The predicted octanol–water partition coefficient (Wildman–Crippen LogP) is 1.33. The first-order valence-electron chi connectivity index (χ1n) is 7.56. The number of hydrogen-bond donors (Lipinski definition) is 4. The van der Waals surface area contributed by atoms with Gasteiger partial charge in [0.1, 0.15) is 17.6 Å². The first kappa shape index (κ1) is 18.2. The average molecular weight is 345 g/mol. The van der Waals surface area contributed by atoms with Gasteiger partial charge in [0.15, 0.2) is 0 Å². The lowest BCUT2D eigenvalue weighted by Crippen LogP contribution is -2.37. The second-order valence-corrected chi connectivity index (χ2v) is 5.39. The summed E-state index contributed by atoms with van der Waals surface area (Å²) >= 11 is 0. The van der Waals surface area contributed by atoms with Crippen LogP contribution in [0.15, 0.2) is 40.8 Å². The van der Waals surface area contributed by atoms with E-state index in [-0.39, 0.29) is 12.5 Å². The Bertz CT molecular complexity index is 784. The SMILES string of the molecule is CC(=O)Nc1cccc(NC(=O)C(=O)NCC(O)c2ccc(C)o2)c1. The lowest BCUT2D eigenvalue weighted by molar-refractivity contribution is -0.136. The van der Waals surface area contributed by atoms with Crippen LogP contribution in [0.5, 0.6) is 0 Å². The highest BCUT2D eigenvalue weighted by atomic mass is 16.4. The summed E-state index contributed by atoms with van der Waals surface area (Å²) in [7, 11) is 0. The summed E-state index contributed by atoms with van der Waals surface area (Å²) in [6.45, 7) is 2.94. The highest BCUT2D eigenvalue weighted by molar-refractivity contribution is 6.39. The van der Waals surface area contributed by atoms with Gasteiger partial charge < -0.3 is 25.5 Å².